The van der Waals surface area contributed by atoms with Gasteiger partial charge in [-0.2, -0.15) is 0 Å². The van der Waals surface area contributed by atoms with E-state index in [1.54, 1.807) is 18.2 Å². The first-order valence-electron chi connectivity index (χ1n) is 8.11. The van der Waals surface area contributed by atoms with Gasteiger partial charge in [-0.05, 0) is 49.1 Å². The van der Waals surface area contributed by atoms with Gasteiger partial charge in [0.1, 0.15) is 5.82 Å². The molecular weight excluding hydrogens is 313 g/mol. The van der Waals surface area contributed by atoms with E-state index in [-0.39, 0.29) is 5.82 Å². The average Bonchev–Trinajstić information content (AvgIpc) is 2.98. The molecule has 2 aliphatic heterocycles. The highest BCUT2D eigenvalue weighted by Gasteiger charge is 2.32. The van der Waals surface area contributed by atoms with Gasteiger partial charge in [-0.15, -0.1) is 0 Å². The third kappa shape index (κ3) is 2.54. The SMILES string of the molecule is Fc1ccc(C2=C3CCCCN3N(c3ccc(F)c(F)c3)C2)cc1. The smallest absolute Gasteiger partial charge is 0.160 e. The van der Waals surface area contributed by atoms with Crippen LogP contribution >= 0.6 is 0 Å². The van der Waals surface area contributed by atoms with E-state index in [4.69, 9.17) is 0 Å². The Hall–Kier alpha value is -2.43. The van der Waals surface area contributed by atoms with E-state index in [9.17, 15) is 13.2 Å². The van der Waals surface area contributed by atoms with Crippen molar-refractivity contribution in [3.05, 3.63) is 71.2 Å². The molecule has 0 N–H and O–H groups in total. The van der Waals surface area contributed by atoms with Gasteiger partial charge in [0, 0.05) is 23.9 Å². The van der Waals surface area contributed by atoms with E-state index in [0.717, 1.165) is 43.0 Å². The lowest BCUT2D eigenvalue weighted by Gasteiger charge is -2.36. The summed E-state index contributed by atoms with van der Waals surface area (Å²) in [6, 6.07) is 10.4. The molecule has 0 bridgehead atoms. The van der Waals surface area contributed by atoms with Crippen LogP contribution in [0, 0.1) is 17.5 Å². The highest BCUT2D eigenvalue weighted by Crippen LogP contribution is 2.39. The largest absolute Gasteiger partial charge is 0.289 e. The van der Waals surface area contributed by atoms with Crippen molar-refractivity contribution < 1.29 is 13.2 Å². The van der Waals surface area contributed by atoms with E-state index in [1.807, 2.05) is 5.01 Å². The van der Waals surface area contributed by atoms with Gasteiger partial charge in [0.15, 0.2) is 11.6 Å². The monoisotopic (exact) mass is 330 g/mol. The van der Waals surface area contributed by atoms with Crippen molar-refractivity contribution in [2.75, 3.05) is 18.1 Å². The third-order valence-corrected chi connectivity index (χ3v) is 4.69. The van der Waals surface area contributed by atoms with Crippen molar-refractivity contribution in [3.63, 3.8) is 0 Å². The maximum Gasteiger partial charge on any atom is 0.160 e. The number of allylic oxidation sites excluding steroid dienone is 1. The molecular formula is C19H17F3N2. The predicted octanol–water partition coefficient (Wildman–Crippen LogP) is 4.74. The summed E-state index contributed by atoms with van der Waals surface area (Å²) in [5.74, 6) is -1.95. The zero-order valence-corrected chi connectivity index (χ0v) is 13.1. The Bertz CT molecular complexity index is 799. The second-order valence-corrected chi connectivity index (χ2v) is 6.17. The molecule has 2 aliphatic rings. The van der Waals surface area contributed by atoms with Crippen molar-refractivity contribution in [1.82, 2.24) is 5.01 Å². The Morgan fingerprint density at radius 1 is 0.792 bits per heavy atom. The van der Waals surface area contributed by atoms with Gasteiger partial charge in [-0.1, -0.05) is 12.1 Å². The lowest BCUT2D eigenvalue weighted by Crippen LogP contribution is -2.40. The number of halogens is 3. The van der Waals surface area contributed by atoms with Crippen LogP contribution in [-0.2, 0) is 0 Å². The number of hydrazine groups is 1. The van der Waals surface area contributed by atoms with E-state index in [0.29, 0.717) is 12.2 Å². The normalized spacial score (nSPS) is 17.5. The van der Waals surface area contributed by atoms with Crippen LogP contribution in [0.4, 0.5) is 18.9 Å². The molecule has 0 unspecified atom stereocenters. The Morgan fingerprint density at radius 3 is 2.33 bits per heavy atom. The van der Waals surface area contributed by atoms with Crippen LogP contribution < -0.4 is 5.01 Å². The molecule has 2 aromatic rings. The molecule has 2 aromatic carbocycles. The van der Waals surface area contributed by atoms with Crippen LogP contribution in [0.1, 0.15) is 24.8 Å². The molecule has 1 fully saturated rings. The zero-order valence-electron chi connectivity index (χ0n) is 13.1. The van der Waals surface area contributed by atoms with Gasteiger partial charge in [-0.3, -0.25) is 10.0 Å². The molecule has 2 heterocycles. The van der Waals surface area contributed by atoms with Crippen molar-refractivity contribution >= 4 is 11.3 Å². The number of rotatable bonds is 2. The molecule has 124 valence electrons. The first-order chi connectivity index (χ1) is 11.6. The lowest BCUT2D eigenvalue weighted by atomic mass is 10.00. The highest BCUT2D eigenvalue weighted by atomic mass is 19.2. The molecule has 4 rings (SSSR count). The van der Waals surface area contributed by atoms with Gasteiger partial charge in [0.05, 0.1) is 12.2 Å². The average molecular weight is 330 g/mol. The van der Waals surface area contributed by atoms with Crippen molar-refractivity contribution in [1.29, 1.82) is 0 Å². The summed E-state index contributed by atoms with van der Waals surface area (Å²) >= 11 is 0. The Morgan fingerprint density at radius 2 is 1.58 bits per heavy atom. The maximum absolute atomic E-state index is 13.6. The number of hydrogen-bond acceptors (Lipinski definition) is 2. The molecule has 1 saturated heterocycles. The van der Waals surface area contributed by atoms with Gasteiger partial charge < -0.3 is 0 Å². The van der Waals surface area contributed by atoms with Crippen LogP contribution in [-0.4, -0.2) is 18.1 Å². The molecule has 24 heavy (non-hydrogen) atoms. The molecule has 5 heteroatoms. The Kier molecular flexibility index (Phi) is 3.71. The maximum atomic E-state index is 13.6. The minimum absolute atomic E-state index is 0.264. The summed E-state index contributed by atoms with van der Waals surface area (Å²) in [7, 11) is 0. The Labute approximate surface area is 138 Å². The highest BCUT2D eigenvalue weighted by molar-refractivity contribution is 5.76. The summed E-state index contributed by atoms with van der Waals surface area (Å²) in [6.07, 6.45) is 3.09. The number of hydrogen-bond donors (Lipinski definition) is 0. The van der Waals surface area contributed by atoms with Crippen LogP contribution in [0.3, 0.4) is 0 Å². The number of nitrogens with zero attached hydrogens (tertiary/aromatic N) is 2. The molecule has 0 amide bonds. The Balaban J connectivity index is 1.72. The van der Waals surface area contributed by atoms with Crippen LogP contribution in [0.2, 0.25) is 0 Å². The molecule has 0 saturated carbocycles. The van der Waals surface area contributed by atoms with Crippen molar-refractivity contribution in [3.8, 4) is 0 Å². The topological polar surface area (TPSA) is 6.48 Å². The van der Waals surface area contributed by atoms with Crippen LogP contribution in [0.25, 0.3) is 5.57 Å². The quantitative estimate of drug-likeness (QED) is 0.785. The molecule has 0 radical (unpaired) electrons. The van der Waals surface area contributed by atoms with E-state index in [2.05, 4.69) is 5.01 Å². The molecule has 0 atom stereocenters. The van der Waals surface area contributed by atoms with Gasteiger partial charge in [0.25, 0.3) is 0 Å². The minimum atomic E-state index is -0.846. The lowest BCUT2D eigenvalue weighted by molar-refractivity contribution is 0.294. The van der Waals surface area contributed by atoms with E-state index >= 15 is 0 Å². The number of benzene rings is 2. The summed E-state index contributed by atoms with van der Waals surface area (Å²) in [4.78, 5) is 0. The number of piperidine rings is 1. The number of anilines is 1. The summed E-state index contributed by atoms with van der Waals surface area (Å²) < 4.78 is 40.1. The van der Waals surface area contributed by atoms with E-state index < -0.39 is 11.6 Å². The predicted molar refractivity (Wildman–Crippen MR) is 87.6 cm³/mol. The summed E-state index contributed by atoms with van der Waals surface area (Å²) in [5.41, 5.74) is 3.92. The summed E-state index contributed by atoms with van der Waals surface area (Å²) in [6.45, 7) is 1.42. The van der Waals surface area contributed by atoms with Crippen molar-refractivity contribution in [2.45, 2.75) is 19.3 Å². The summed E-state index contributed by atoms with van der Waals surface area (Å²) in [5, 5.41) is 4.13. The standard InChI is InChI=1S/C19H17F3N2/c20-14-6-4-13(5-7-14)16-12-24(23-10-2-1-3-19(16)23)15-8-9-17(21)18(22)11-15/h4-9,11H,1-3,10,12H2. The molecule has 0 aromatic heterocycles. The van der Waals surface area contributed by atoms with Crippen molar-refractivity contribution in [2.24, 2.45) is 0 Å². The molecule has 0 spiro atoms. The molecule has 0 aliphatic carbocycles. The third-order valence-electron chi connectivity index (χ3n) is 4.69. The van der Waals surface area contributed by atoms with Gasteiger partial charge >= 0.3 is 0 Å². The van der Waals surface area contributed by atoms with Crippen LogP contribution in [0.15, 0.2) is 48.2 Å². The van der Waals surface area contributed by atoms with E-state index in [1.165, 1.54) is 23.9 Å². The first-order valence-corrected chi connectivity index (χ1v) is 8.11. The molecule has 2 nitrogen and oxygen atoms in total. The van der Waals surface area contributed by atoms with Gasteiger partial charge in [0.2, 0.25) is 0 Å². The second kappa shape index (κ2) is 5.89. The fraction of sp³-hybridized carbons (Fsp3) is 0.263. The first kappa shape index (κ1) is 15.1. The fourth-order valence-corrected chi connectivity index (χ4v) is 3.50. The minimum Gasteiger partial charge on any atom is -0.289 e. The van der Waals surface area contributed by atoms with Gasteiger partial charge in [-0.25, -0.2) is 13.2 Å². The number of fused-ring (bicyclic) bond motifs is 1. The van der Waals surface area contributed by atoms with Crippen LogP contribution in [0.5, 0.6) is 0 Å². The fourth-order valence-electron chi connectivity index (χ4n) is 3.50. The second-order valence-electron chi connectivity index (χ2n) is 6.17. The zero-order chi connectivity index (χ0) is 16.7.